The van der Waals surface area contributed by atoms with Crippen LogP contribution in [0.4, 0.5) is 0 Å². The first kappa shape index (κ1) is 21.4. The van der Waals surface area contributed by atoms with Gasteiger partial charge in [-0.1, -0.05) is 42.5 Å². The Labute approximate surface area is 178 Å². The topological polar surface area (TPSA) is 50.8 Å². The minimum absolute atomic E-state index is 0.0394. The number of nitrogens with one attached hydrogen (secondary N) is 1. The molecule has 3 aromatic carbocycles. The molecule has 0 heterocycles. The molecule has 0 fully saturated rings. The Morgan fingerprint density at radius 1 is 0.933 bits per heavy atom. The van der Waals surface area contributed by atoms with Crippen LogP contribution in [0.3, 0.4) is 0 Å². The molecule has 0 aliphatic carbocycles. The van der Waals surface area contributed by atoms with Crippen molar-refractivity contribution in [3.8, 4) is 11.5 Å². The molecule has 1 atom stereocenters. The Hall–Kier alpha value is -3.31. The third-order valence-electron chi connectivity index (χ3n) is 4.92. The molecule has 0 radical (unpaired) electrons. The summed E-state index contributed by atoms with van der Waals surface area (Å²) in [6, 6.07) is 25.1. The number of hydrogen-bond donors (Lipinski definition) is 1. The van der Waals surface area contributed by atoms with Crippen molar-refractivity contribution in [1.29, 1.82) is 0 Å². The molecular formula is C25H28N2O3. The van der Waals surface area contributed by atoms with E-state index in [-0.39, 0.29) is 11.9 Å². The maximum atomic E-state index is 12.6. The van der Waals surface area contributed by atoms with E-state index in [0.717, 1.165) is 22.6 Å². The monoisotopic (exact) mass is 404 g/mol. The Morgan fingerprint density at radius 3 is 2.33 bits per heavy atom. The third-order valence-corrected chi connectivity index (χ3v) is 4.92. The van der Waals surface area contributed by atoms with Gasteiger partial charge in [0.15, 0.2) is 0 Å². The zero-order chi connectivity index (χ0) is 21.3. The highest BCUT2D eigenvalue weighted by Gasteiger charge is 2.16. The van der Waals surface area contributed by atoms with Crippen molar-refractivity contribution in [3.05, 3.63) is 95.6 Å². The summed E-state index contributed by atoms with van der Waals surface area (Å²) in [7, 11) is 5.64. The number of likely N-dealkylation sites (N-methyl/N-ethyl adjacent to an activating group) is 1. The Kier molecular flexibility index (Phi) is 7.46. The molecule has 1 unspecified atom stereocenters. The van der Waals surface area contributed by atoms with Crippen LogP contribution in [-0.4, -0.2) is 38.6 Å². The van der Waals surface area contributed by atoms with Crippen molar-refractivity contribution in [2.24, 2.45) is 0 Å². The summed E-state index contributed by atoms with van der Waals surface area (Å²) in [6.07, 6.45) is 0. The summed E-state index contributed by atoms with van der Waals surface area (Å²) in [4.78, 5) is 14.7. The predicted molar refractivity (Wildman–Crippen MR) is 119 cm³/mol. The van der Waals surface area contributed by atoms with E-state index in [1.807, 2.05) is 80.8 Å². The molecule has 0 saturated heterocycles. The van der Waals surface area contributed by atoms with Crippen LogP contribution in [0.2, 0.25) is 0 Å². The lowest BCUT2D eigenvalue weighted by Gasteiger charge is -2.25. The van der Waals surface area contributed by atoms with Gasteiger partial charge in [0.1, 0.15) is 18.1 Å². The summed E-state index contributed by atoms with van der Waals surface area (Å²) in [5.74, 6) is 1.43. The van der Waals surface area contributed by atoms with Crippen LogP contribution >= 0.6 is 0 Å². The lowest BCUT2D eigenvalue weighted by Crippen LogP contribution is -2.34. The van der Waals surface area contributed by atoms with Gasteiger partial charge in [-0.25, -0.2) is 0 Å². The van der Waals surface area contributed by atoms with Crippen LogP contribution in [-0.2, 0) is 6.61 Å². The fourth-order valence-electron chi connectivity index (χ4n) is 3.18. The third kappa shape index (κ3) is 5.84. The smallest absolute Gasteiger partial charge is 0.251 e. The van der Waals surface area contributed by atoms with E-state index in [1.165, 1.54) is 0 Å². The molecular weight excluding hydrogens is 376 g/mol. The van der Waals surface area contributed by atoms with Crippen LogP contribution in [0.1, 0.15) is 27.5 Å². The van der Waals surface area contributed by atoms with Crippen molar-refractivity contribution in [2.75, 3.05) is 27.7 Å². The van der Waals surface area contributed by atoms with Crippen molar-refractivity contribution >= 4 is 5.91 Å². The molecule has 156 valence electrons. The number of carbonyl (C=O) groups excluding carboxylic acids is 1. The number of ether oxygens (including phenoxy) is 2. The molecule has 5 heteroatoms. The number of carbonyl (C=O) groups is 1. The molecule has 0 spiro atoms. The van der Waals surface area contributed by atoms with Gasteiger partial charge in [-0.15, -0.1) is 0 Å². The standard InChI is InChI=1S/C25H28N2O3/c1-27(2)24(21-10-7-11-23(16-21)29-3)17-26-25(28)20-12-14-22(15-13-20)30-18-19-8-5-4-6-9-19/h4-16,24H,17-18H2,1-3H3,(H,26,28). The zero-order valence-electron chi connectivity index (χ0n) is 17.7. The Balaban J connectivity index is 1.57. The lowest BCUT2D eigenvalue weighted by atomic mass is 10.1. The number of benzene rings is 3. The Morgan fingerprint density at radius 2 is 1.67 bits per heavy atom. The predicted octanol–water partition coefficient (Wildman–Crippen LogP) is 4.31. The van der Waals surface area contributed by atoms with Crippen molar-refractivity contribution in [3.63, 3.8) is 0 Å². The van der Waals surface area contributed by atoms with Crippen molar-refractivity contribution < 1.29 is 14.3 Å². The normalized spacial score (nSPS) is 11.7. The highest BCUT2D eigenvalue weighted by atomic mass is 16.5. The fraction of sp³-hybridized carbons (Fsp3) is 0.240. The van der Waals surface area contributed by atoms with Gasteiger partial charge in [0.05, 0.1) is 13.2 Å². The second-order valence-electron chi connectivity index (χ2n) is 7.26. The van der Waals surface area contributed by atoms with Gasteiger partial charge in [-0.3, -0.25) is 4.79 Å². The highest BCUT2D eigenvalue weighted by molar-refractivity contribution is 5.94. The molecule has 0 saturated carbocycles. The summed E-state index contributed by atoms with van der Waals surface area (Å²) >= 11 is 0. The van der Waals surface area contributed by atoms with E-state index in [0.29, 0.717) is 18.7 Å². The van der Waals surface area contributed by atoms with Gasteiger partial charge in [0.25, 0.3) is 5.91 Å². The maximum Gasteiger partial charge on any atom is 0.251 e. The van der Waals surface area contributed by atoms with Crippen molar-refractivity contribution in [2.45, 2.75) is 12.6 Å². The zero-order valence-corrected chi connectivity index (χ0v) is 17.7. The van der Waals surface area contributed by atoms with Gasteiger partial charge < -0.3 is 19.7 Å². The number of nitrogens with zero attached hydrogens (tertiary/aromatic N) is 1. The van der Waals surface area contributed by atoms with E-state index in [9.17, 15) is 4.79 Å². The number of methoxy groups -OCH3 is 1. The molecule has 0 aromatic heterocycles. The largest absolute Gasteiger partial charge is 0.497 e. The molecule has 0 bridgehead atoms. The van der Waals surface area contributed by atoms with Crippen LogP contribution in [0.5, 0.6) is 11.5 Å². The molecule has 3 aromatic rings. The summed E-state index contributed by atoms with van der Waals surface area (Å²) in [5.41, 5.74) is 2.79. The fourth-order valence-corrected chi connectivity index (χ4v) is 3.18. The maximum absolute atomic E-state index is 12.6. The first-order chi connectivity index (χ1) is 14.6. The van der Waals surface area contributed by atoms with Gasteiger partial charge in [-0.2, -0.15) is 0 Å². The number of amides is 1. The average molecular weight is 405 g/mol. The highest BCUT2D eigenvalue weighted by Crippen LogP contribution is 2.22. The van der Waals surface area contributed by atoms with Crippen LogP contribution < -0.4 is 14.8 Å². The Bertz CT molecular complexity index is 940. The summed E-state index contributed by atoms with van der Waals surface area (Å²) < 4.78 is 11.1. The minimum atomic E-state index is -0.112. The summed E-state index contributed by atoms with van der Waals surface area (Å²) in [6.45, 7) is 0.989. The molecule has 1 amide bonds. The molecule has 1 N–H and O–H groups in total. The molecule has 0 aliphatic rings. The van der Waals surface area contributed by atoms with E-state index in [4.69, 9.17) is 9.47 Å². The molecule has 0 aliphatic heterocycles. The van der Waals surface area contributed by atoms with Crippen LogP contribution in [0, 0.1) is 0 Å². The second-order valence-corrected chi connectivity index (χ2v) is 7.26. The second kappa shape index (κ2) is 10.5. The molecule has 5 nitrogen and oxygen atoms in total. The minimum Gasteiger partial charge on any atom is -0.497 e. The van der Waals surface area contributed by atoms with E-state index in [2.05, 4.69) is 10.2 Å². The first-order valence-electron chi connectivity index (χ1n) is 9.92. The van der Waals surface area contributed by atoms with E-state index in [1.54, 1.807) is 19.2 Å². The first-order valence-corrected chi connectivity index (χ1v) is 9.92. The number of hydrogen-bond acceptors (Lipinski definition) is 4. The van der Waals surface area contributed by atoms with Gasteiger partial charge in [-0.05, 0) is 61.6 Å². The SMILES string of the molecule is COc1cccc(C(CNC(=O)c2ccc(OCc3ccccc3)cc2)N(C)C)c1. The average Bonchev–Trinajstić information content (AvgIpc) is 2.78. The molecule has 30 heavy (non-hydrogen) atoms. The quantitative estimate of drug-likeness (QED) is 0.578. The molecule has 3 rings (SSSR count). The van der Waals surface area contributed by atoms with E-state index < -0.39 is 0 Å². The van der Waals surface area contributed by atoms with E-state index >= 15 is 0 Å². The van der Waals surface area contributed by atoms with Gasteiger partial charge in [0, 0.05) is 12.1 Å². The number of rotatable bonds is 9. The van der Waals surface area contributed by atoms with Gasteiger partial charge >= 0.3 is 0 Å². The van der Waals surface area contributed by atoms with Crippen LogP contribution in [0.25, 0.3) is 0 Å². The van der Waals surface area contributed by atoms with Gasteiger partial charge in [0.2, 0.25) is 0 Å². The summed E-state index contributed by atoms with van der Waals surface area (Å²) in [5, 5.41) is 3.03. The lowest BCUT2D eigenvalue weighted by molar-refractivity contribution is 0.0942. The van der Waals surface area contributed by atoms with Crippen molar-refractivity contribution in [1.82, 2.24) is 10.2 Å². The van der Waals surface area contributed by atoms with Crippen LogP contribution in [0.15, 0.2) is 78.9 Å².